The van der Waals surface area contributed by atoms with Gasteiger partial charge in [-0.15, -0.1) is 11.6 Å². The zero-order valence-electron chi connectivity index (χ0n) is 15.2. The molecule has 3 rings (SSSR count). The molecule has 27 heavy (non-hydrogen) atoms. The van der Waals surface area contributed by atoms with Gasteiger partial charge < -0.3 is 0 Å². The first-order valence-corrected chi connectivity index (χ1v) is 11.2. The number of Topliss-reactive ketones (excluding diaryl/α,β-unsaturated/α-hetero) is 1. The minimum atomic E-state index is -3.52. The fraction of sp³-hybridized carbons (Fsp3) is 0.381. The van der Waals surface area contributed by atoms with E-state index in [9.17, 15) is 13.2 Å². The van der Waals surface area contributed by atoms with E-state index < -0.39 is 10.0 Å². The number of nitrogens with zero attached hydrogens (tertiary/aromatic N) is 1. The lowest BCUT2D eigenvalue weighted by Crippen LogP contribution is -2.40. The third-order valence-electron chi connectivity index (χ3n) is 5.04. The molecular weight excluding hydrogens is 382 g/mol. The summed E-state index contributed by atoms with van der Waals surface area (Å²) in [5, 5.41) is 0. The van der Waals surface area contributed by atoms with Crippen molar-refractivity contribution in [2.45, 2.75) is 30.6 Å². The molecule has 0 radical (unpaired) electrons. The lowest BCUT2D eigenvalue weighted by molar-refractivity contribution is 0.0875. The summed E-state index contributed by atoms with van der Waals surface area (Å²) in [5.74, 6) is 0.588. The van der Waals surface area contributed by atoms with Gasteiger partial charge in [0.1, 0.15) is 0 Å². The second kappa shape index (κ2) is 9.00. The maximum atomic E-state index is 12.9. The number of aryl methyl sites for hydroxylation is 1. The zero-order chi connectivity index (χ0) is 19.3. The van der Waals surface area contributed by atoms with Crippen molar-refractivity contribution in [3.8, 4) is 0 Å². The number of benzene rings is 2. The van der Waals surface area contributed by atoms with Crippen molar-refractivity contribution < 1.29 is 13.2 Å². The molecule has 1 aliphatic heterocycles. The molecule has 0 saturated carbocycles. The van der Waals surface area contributed by atoms with E-state index in [4.69, 9.17) is 11.6 Å². The van der Waals surface area contributed by atoms with E-state index >= 15 is 0 Å². The molecule has 0 unspecified atom stereocenters. The molecule has 0 N–H and O–H groups in total. The van der Waals surface area contributed by atoms with Crippen LogP contribution in [0, 0.1) is 5.92 Å². The molecule has 6 heteroatoms. The number of hydrogen-bond acceptors (Lipinski definition) is 3. The van der Waals surface area contributed by atoms with Crippen LogP contribution in [0.15, 0.2) is 59.5 Å². The molecule has 2 aromatic rings. The Bertz CT molecular complexity index is 858. The molecule has 4 nitrogen and oxygen atoms in total. The minimum Gasteiger partial charge on any atom is -0.294 e. The van der Waals surface area contributed by atoms with Crippen LogP contribution in [0.5, 0.6) is 0 Å². The SMILES string of the molecule is O=C(c1ccccc1)C1CCN(S(=O)(=O)c2ccc(CCCCl)cc2)CC1. The predicted molar refractivity (Wildman–Crippen MR) is 108 cm³/mol. The Balaban J connectivity index is 1.63. The van der Waals surface area contributed by atoms with Gasteiger partial charge in [0.15, 0.2) is 5.78 Å². The summed E-state index contributed by atoms with van der Waals surface area (Å²) in [4.78, 5) is 12.9. The van der Waals surface area contributed by atoms with Gasteiger partial charge in [0.05, 0.1) is 4.90 Å². The fourth-order valence-corrected chi connectivity index (χ4v) is 5.05. The third-order valence-corrected chi connectivity index (χ3v) is 7.22. The predicted octanol–water partition coefficient (Wildman–Crippen LogP) is 4.14. The van der Waals surface area contributed by atoms with Crippen LogP contribution >= 0.6 is 11.6 Å². The molecule has 0 spiro atoms. The van der Waals surface area contributed by atoms with Crippen molar-refractivity contribution in [1.29, 1.82) is 0 Å². The van der Waals surface area contributed by atoms with Crippen LogP contribution < -0.4 is 0 Å². The summed E-state index contributed by atoms with van der Waals surface area (Å²) in [6, 6.07) is 16.3. The Morgan fingerprint density at radius 3 is 2.22 bits per heavy atom. The van der Waals surface area contributed by atoms with Gasteiger partial charge in [-0.25, -0.2) is 8.42 Å². The van der Waals surface area contributed by atoms with Gasteiger partial charge in [0, 0.05) is 30.5 Å². The molecule has 0 bridgehead atoms. The lowest BCUT2D eigenvalue weighted by Gasteiger charge is -2.30. The number of piperidine rings is 1. The highest BCUT2D eigenvalue weighted by Gasteiger charge is 2.32. The summed E-state index contributed by atoms with van der Waals surface area (Å²) in [6.45, 7) is 0.749. The van der Waals surface area contributed by atoms with Gasteiger partial charge in [0.25, 0.3) is 0 Å². The summed E-state index contributed by atoms with van der Waals surface area (Å²) in [5.41, 5.74) is 1.79. The zero-order valence-corrected chi connectivity index (χ0v) is 16.8. The number of hydrogen-bond donors (Lipinski definition) is 0. The average molecular weight is 406 g/mol. The van der Waals surface area contributed by atoms with Crippen LogP contribution in [0.25, 0.3) is 0 Å². The summed E-state index contributed by atoms with van der Waals surface area (Å²) in [7, 11) is -3.52. The first-order valence-electron chi connectivity index (χ1n) is 9.26. The van der Waals surface area contributed by atoms with E-state index in [1.54, 1.807) is 12.1 Å². The van der Waals surface area contributed by atoms with E-state index in [2.05, 4.69) is 0 Å². The van der Waals surface area contributed by atoms with Crippen molar-refractivity contribution in [3.05, 3.63) is 65.7 Å². The van der Waals surface area contributed by atoms with Crippen LogP contribution in [0.4, 0.5) is 0 Å². The van der Waals surface area contributed by atoms with Crippen molar-refractivity contribution in [2.75, 3.05) is 19.0 Å². The highest BCUT2D eigenvalue weighted by atomic mass is 35.5. The first-order chi connectivity index (χ1) is 13.0. The molecule has 0 aliphatic carbocycles. The number of alkyl halides is 1. The second-order valence-corrected chi connectivity index (χ2v) is 9.16. The van der Waals surface area contributed by atoms with Crippen molar-refractivity contribution in [1.82, 2.24) is 4.31 Å². The Hall–Kier alpha value is -1.69. The molecule has 1 fully saturated rings. The Kier molecular flexibility index (Phi) is 6.68. The minimum absolute atomic E-state index is 0.108. The topological polar surface area (TPSA) is 54.5 Å². The molecule has 1 aliphatic rings. The third kappa shape index (κ3) is 4.78. The number of carbonyl (C=O) groups excluding carboxylic acids is 1. The molecule has 0 amide bonds. The highest BCUT2D eigenvalue weighted by molar-refractivity contribution is 7.89. The standard InChI is InChI=1S/C21H24ClNO3S/c22-14-4-5-17-8-10-20(11-9-17)27(25,26)23-15-12-19(13-16-23)21(24)18-6-2-1-3-7-18/h1-3,6-11,19H,4-5,12-16H2. The van der Waals surface area contributed by atoms with E-state index in [1.165, 1.54) is 4.31 Å². The van der Waals surface area contributed by atoms with E-state index in [0.29, 0.717) is 42.3 Å². The number of sulfonamides is 1. The maximum absolute atomic E-state index is 12.9. The molecule has 0 aromatic heterocycles. The molecule has 2 aromatic carbocycles. The van der Waals surface area contributed by atoms with Crippen LogP contribution in [0.1, 0.15) is 35.2 Å². The first kappa shape index (κ1) is 20.1. The summed E-state index contributed by atoms with van der Waals surface area (Å²) < 4.78 is 27.3. The summed E-state index contributed by atoms with van der Waals surface area (Å²) >= 11 is 5.70. The smallest absolute Gasteiger partial charge is 0.243 e. The Morgan fingerprint density at radius 1 is 1.00 bits per heavy atom. The van der Waals surface area contributed by atoms with Gasteiger partial charge in [-0.05, 0) is 43.4 Å². The lowest BCUT2D eigenvalue weighted by atomic mass is 9.90. The van der Waals surface area contributed by atoms with Gasteiger partial charge >= 0.3 is 0 Å². The van der Waals surface area contributed by atoms with Gasteiger partial charge in [0.2, 0.25) is 10.0 Å². The monoisotopic (exact) mass is 405 g/mol. The van der Waals surface area contributed by atoms with E-state index in [1.807, 2.05) is 42.5 Å². The number of carbonyl (C=O) groups is 1. The molecule has 0 atom stereocenters. The summed E-state index contributed by atoms with van der Waals surface area (Å²) in [6.07, 6.45) is 2.83. The Labute approximate surface area is 166 Å². The fourth-order valence-electron chi connectivity index (χ4n) is 3.44. The molecule has 1 heterocycles. The quantitative estimate of drug-likeness (QED) is 0.513. The van der Waals surface area contributed by atoms with Crippen LogP contribution in [0.3, 0.4) is 0 Å². The van der Waals surface area contributed by atoms with Gasteiger partial charge in [-0.2, -0.15) is 4.31 Å². The molecular formula is C21H24ClNO3S. The highest BCUT2D eigenvalue weighted by Crippen LogP contribution is 2.26. The average Bonchev–Trinajstić information content (AvgIpc) is 2.72. The van der Waals surface area contributed by atoms with E-state index in [0.717, 1.165) is 18.4 Å². The largest absolute Gasteiger partial charge is 0.294 e. The van der Waals surface area contributed by atoms with E-state index in [-0.39, 0.29) is 11.7 Å². The van der Waals surface area contributed by atoms with Gasteiger partial charge in [-0.1, -0.05) is 42.5 Å². The maximum Gasteiger partial charge on any atom is 0.243 e. The second-order valence-electron chi connectivity index (χ2n) is 6.85. The van der Waals surface area contributed by atoms with Gasteiger partial charge in [-0.3, -0.25) is 4.79 Å². The number of ketones is 1. The van der Waals surface area contributed by atoms with Crippen molar-refractivity contribution in [2.24, 2.45) is 5.92 Å². The van der Waals surface area contributed by atoms with Crippen molar-refractivity contribution in [3.63, 3.8) is 0 Å². The number of rotatable bonds is 7. The molecule has 144 valence electrons. The normalized spacial score (nSPS) is 16.3. The van der Waals surface area contributed by atoms with Crippen LogP contribution in [0.2, 0.25) is 0 Å². The van der Waals surface area contributed by atoms with Crippen LogP contribution in [-0.4, -0.2) is 37.5 Å². The van der Waals surface area contributed by atoms with Crippen molar-refractivity contribution >= 4 is 27.4 Å². The van der Waals surface area contributed by atoms with Crippen LogP contribution in [-0.2, 0) is 16.4 Å². The molecule has 1 saturated heterocycles. The number of halogens is 1. The Morgan fingerprint density at radius 2 is 1.63 bits per heavy atom.